The fourth-order valence-corrected chi connectivity index (χ4v) is 1.91. The minimum absolute atomic E-state index is 0.363. The average molecular weight is 221 g/mol. The number of hydrogen-bond donors (Lipinski definition) is 2. The van der Waals surface area contributed by atoms with E-state index in [1.807, 2.05) is 12.1 Å². The van der Waals surface area contributed by atoms with Crippen molar-refractivity contribution in [3.8, 4) is 5.75 Å². The first kappa shape index (κ1) is 11.0. The second-order valence-electron chi connectivity index (χ2n) is 4.08. The first-order valence-corrected chi connectivity index (χ1v) is 5.35. The molecule has 0 aliphatic heterocycles. The molecule has 0 radical (unpaired) electrons. The van der Waals surface area contributed by atoms with E-state index in [1.165, 1.54) is 0 Å². The highest BCUT2D eigenvalue weighted by atomic mass is 16.5. The maximum Gasteiger partial charge on any atom is 0.258 e. The van der Waals surface area contributed by atoms with Crippen molar-refractivity contribution in [3.63, 3.8) is 0 Å². The molecule has 4 nitrogen and oxygen atoms in total. The minimum Gasteiger partial charge on any atom is -0.481 e. The first-order valence-electron chi connectivity index (χ1n) is 5.35. The summed E-state index contributed by atoms with van der Waals surface area (Å²) in [6, 6.07) is 5.47. The van der Waals surface area contributed by atoms with Crippen molar-refractivity contribution in [2.45, 2.75) is 32.0 Å². The number of hydrogen-bond acceptors (Lipinski definition) is 3. The van der Waals surface area contributed by atoms with E-state index in [1.54, 1.807) is 13.0 Å². The molecule has 2 rings (SSSR count). The zero-order valence-electron chi connectivity index (χ0n) is 9.14. The molecule has 0 fully saturated rings. The number of ether oxygens (including phenoxy) is 1. The van der Waals surface area contributed by atoms with Crippen molar-refractivity contribution in [3.05, 3.63) is 29.3 Å². The number of nitrogens with two attached hydrogens (primary N) is 1. The van der Waals surface area contributed by atoms with Crippen molar-refractivity contribution in [2.24, 2.45) is 5.73 Å². The molecule has 0 saturated heterocycles. The standard InChI is InChI=1S/C12H15NO3/c1-7(12(13)15)16-9-3-4-10-8(6-9)2-5-11(10)14/h3-4,6-7,11,14H,2,5H2,1H3,(H2,13,15)/t7?,11-/m0/s1. The maximum atomic E-state index is 10.8. The van der Waals surface area contributed by atoms with Gasteiger partial charge in [0.05, 0.1) is 6.10 Å². The summed E-state index contributed by atoms with van der Waals surface area (Å²) >= 11 is 0. The van der Waals surface area contributed by atoms with Crippen LogP contribution in [0.15, 0.2) is 18.2 Å². The Morgan fingerprint density at radius 2 is 2.38 bits per heavy atom. The predicted molar refractivity (Wildman–Crippen MR) is 59.0 cm³/mol. The summed E-state index contributed by atoms with van der Waals surface area (Å²) < 4.78 is 5.38. The minimum atomic E-state index is -0.635. The summed E-state index contributed by atoms with van der Waals surface area (Å²) in [5.41, 5.74) is 7.16. The van der Waals surface area contributed by atoms with Gasteiger partial charge in [-0.25, -0.2) is 0 Å². The molecule has 16 heavy (non-hydrogen) atoms. The molecule has 0 spiro atoms. The lowest BCUT2D eigenvalue weighted by Gasteiger charge is -2.12. The van der Waals surface area contributed by atoms with Crippen LogP contribution in [0.1, 0.15) is 30.6 Å². The summed E-state index contributed by atoms with van der Waals surface area (Å²) in [6.45, 7) is 1.62. The highest BCUT2D eigenvalue weighted by Gasteiger charge is 2.21. The summed E-state index contributed by atoms with van der Waals surface area (Å²) in [5, 5.41) is 9.63. The van der Waals surface area contributed by atoms with Gasteiger partial charge in [0.1, 0.15) is 5.75 Å². The Balaban J connectivity index is 2.16. The van der Waals surface area contributed by atoms with Crippen LogP contribution in [-0.2, 0) is 11.2 Å². The molecule has 0 heterocycles. The first-order chi connectivity index (χ1) is 7.58. The quantitative estimate of drug-likeness (QED) is 0.797. The van der Waals surface area contributed by atoms with Crippen LogP contribution in [0, 0.1) is 0 Å². The second kappa shape index (κ2) is 4.14. The monoisotopic (exact) mass is 221 g/mol. The van der Waals surface area contributed by atoms with Gasteiger partial charge in [0.25, 0.3) is 5.91 Å². The lowest BCUT2D eigenvalue weighted by atomic mass is 10.1. The molecule has 1 aromatic carbocycles. The largest absolute Gasteiger partial charge is 0.481 e. The van der Waals surface area contributed by atoms with Crippen molar-refractivity contribution >= 4 is 5.91 Å². The Bertz CT molecular complexity index is 417. The Hall–Kier alpha value is -1.55. The van der Waals surface area contributed by atoms with Gasteiger partial charge >= 0.3 is 0 Å². The lowest BCUT2D eigenvalue weighted by Crippen LogP contribution is -2.30. The van der Waals surface area contributed by atoms with Crippen molar-refractivity contribution in [1.82, 2.24) is 0 Å². The Kier molecular flexibility index (Phi) is 2.83. The summed E-state index contributed by atoms with van der Waals surface area (Å²) in [7, 11) is 0. The van der Waals surface area contributed by atoms with Gasteiger partial charge in [0.2, 0.25) is 0 Å². The van der Waals surface area contributed by atoms with Crippen LogP contribution in [0.2, 0.25) is 0 Å². The second-order valence-corrected chi connectivity index (χ2v) is 4.08. The number of carbonyl (C=O) groups is 1. The number of carbonyl (C=O) groups excluding carboxylic acids is 1. The number of amides is 1. The van der Waals surface area contributed by atoms with Crippen LogP contribution in [0.3, 0.4) is 0 Å². The van der Waals surface area contributed by atoms with E-state index in [-0.39, 0.29) is 6.10 Å². The van der Waals surface area contributed by atoms with Crippen LogP contribution in [0.25, 0.3) is 0 Å². The van der Waals surface area contributed by atoms with Crippen LogP contribution in [-0.4, -0.2) is 17.1 Å². The van der Waals surface area contributed by atoms with E-state index in [0.717, 1.165) is 24.0 Å². The molecular weight excluding hydrogens is 206 g/mol. The van der Waals surface area contributed by atoms with Gasteiger partial charge in [-0.15, -0.1) is 0 Å². The van der Waals surface area contributed by atoms with Gasteiger partial charge in [-0.1, -0.05) is 6.07 Å². The molecule has 1 amide bonds. The maximum absolute atomic E-state index is 10.8. The summed E-state index contributed by atoms with van der Waals surface area (Å²) in [6.07, 6.45) is 0.602. The Labute approximate surface area is 94.0 Å². The smallest absolute Gasteiger partial charge is 0.258 e. The van der Waals surface area contributed by atoms with Gasteiger partial charge in [-0.3, -0.25) is 4.79 Å². The number of aliphatic hydroxyl groups is 1. The van der Waals surface area contributed by atoms with Crippen LogP contribution >= 0.6 is 0 Å². The topological polar surface area (TPSA) is 72.6 Å². The molecule has 1 aliphatic rings. The van der Waals surface area contributed by atoms with Gasteiger partial charge in [-0.05, 0) is 43.0 Å². The van der Waals surface area contributed by atoms with E-state index in [0.29, 0.717) is 5.75 Å². The number of primary amides is 1. The normalized spacial score (nSPS) is 20.2. The lowest BCUT2D eigenvalue weighted by molar-refractivity contribution is -0.123. The molecule has 0 bridgehead atoms. The predicted octanol–water partition coefficient (Wildman–Crippen LogP) is 0.919. The van der Waals surface area contributed by atoms with Crippen LogP contribution < -0.4 is 10.5 Å². The highest BCUT2D eigenvalue weighted by molar-refractivity contribution is 5.78. The molecule has 0 saturated carbocycles. The molecule has 86 valence electrons. The third-order valence-corrected chi connectivity index (χ3v) is 2.87. The van der Waals surface area contributed by atoms with Crippen molar-refractivity contribution in [2.75, 3.05) is 0 Å². The fraction of sp³-hybridized carbons (Fsp3) is 0.417. The number of aliphatic hydroxyl groups excluding tert-OH is 1. The number of fused-ring (bicyclic) bond motifs is 1. The fourth-order valence-electron chi connectivity index (χ4n) is 1.91. The van der Waals surface area contributed by atoms with Crippen molar-refractivity contribution in [1.29, 1.82) is 0 Å². The third-order valence-electron chi connectivity index (χ3n) is 2.87. The summed E-state index contributed by atoms with van der Waals surface area (Å²) in [4.78, 5) is 10.8. The van der Waals surface area contributed by atoms with Crippen LogP contribution in [0.5, 0.6) is 5.75 Å². The van der Waals surface area contributed by atoms with E-state index in [4.69, 9.17) is 10.5 Å². The van der Waals surface area contributed by atoms with E-state index < -0.39 is 12.0 Å². The van der Waals surface area contributed by atoms with Gasteiger partial charge in [0, 0.05) is 0 Å². The third kappa shape index (κ3) is 2.02. The van der Waals surface area contributed by atoms with Crippen LogP contribution in [0.4, 0.5) is 0 Å². The molecule has 1 aromatic rings. The van der Waals surface area contributed by atoms with Gasteiger partial charge in [0.15, 0.2) is 6.10 Å². The Morgan fingerprint density at radius 3 is 3.06 bits per heavy atom. The number of rotatable bonds is 3. The van der Waals surface area contributed by atoms with E-state index in [9.17, 15) is 9.90 Å². The Morgan fingerprint density at radius 1 is 1.62 bits per heavy atom. The average Bonchev–Trinajstić information content (AvgIpc) is 2.60. The zero-order chi connectivity index (χ0) is 11.7. The van der Waals surface area contributed by atoms with E-state index >= 15 is 0 Å². The molecule has 1 aliphatic carbocycles. The van der Waals surface area contributed by atoms with E-state index in [2.05, 4.69) is 0 Å². The van der Waals surface area contributed by atoms with Crippen molar-refractivity contribution < 1.29 is 14.6 Å². The van der Waals surface area contributed by atoms with Gasteiger partial charge in [-0.2, -0.15) is 0 Å². The zero-order valence-corrected chi connectivity index (χ0v) is 9.14. The molecule has 3 N–H and O–H groups in total. The SMILES string of the molecule is CC(Oc1ccc2c(c1)CC[C@@H]2O)C(N)=O. The highest BCUT2D eigenvalue weighted by Crippen LogP contribution is 2.33. The molecule has 4 heteroatoms. The molecular formula is C12H15NO3. The molecule has 1 unspecified atom stereocenters. The number of aryl methyl sites for hydroxylation is 1. The number of benzene rings is 1. The molecule has 2 atom stereocenters. The molecule has 0 aromatic heterocycles. The van der Waals surface area contributed by atoms with Gasteiger partial charge < -0.3 is 15.6 Å². The summed E-state index contributed by atoms with van der Waals surface area (Å²) in [5.74, 6) is 0.139.